The zero-order chi connectivity index (χ0) is 14.0. The Balaban J connectivity index is 2.30. The van der Waals surface area contributed by atoms with E-state index in [1.807, 2.05) is 13.8 Å². The monoisotopic (exact) mass is 285 g/mol. The summed E-state index contributed by atoms with van der Waals surface area (Å²) in [6.45, 7) is 4.27. The maximum Gasteiger partial charge on any atom is 0.243 e. The van der Waals surface area contributed by atoms with Crippen LogP contribution in [0.25, 0.3) is 0 Å². The lowest BCUT2D eigenvalue weighted by Crippen LogP contribution is -2.48. The molecule has 5 nitrogen and oxygen atoms in total. The molecule has 0 radical (unpaired) electrons. The molecule has 1 saturated heterocycles. The minimum absolute atomic E-state index is 0.112. The number of ether oxygens (including phenoxy) is 1. The van der Waals surface area contributed by atoms with E-state index < -0.39 is 10.0 Å². The van der Waals surface area contributed by atoms with Crippen molar-refractivity contribution in [2.24, 2.45) is 0 Å². The normalized spacial score (nSPS) is 25.4. The molecule has 2 atom stereocenters. The van der Waals surface area contributed by atoms with Crippen LogP contribution in [-0.4, -0.2) is 43.1 Å². The standard InChI is InChI=1S/C13H19NO4S/c1-10-7-14(8-11(2)18-10)19(16,17)13-5-3-4-12(6-13)9-15/h3-6,10-11,15H,7-9H2,1-2H3. The third-order valence-electron chi connectivity index (χ3n) is 3.10. The van der Waals surface area contributed by atoms with E-state index in [0.717, 1.165) is 0 Å². The summed E-state index contributed by atoms with van der Waals surface area (Å²) in [4.78, 5) is 0.223. The zero-order valence-electron chi connectivity index (χ0n) is 11.1. The van der Waals surface area contributed by atoms with Gasteiger partial charge in [-0.1, -0.05) is 12.1 Å². The topological polar surface area (TPSA) is 66.8 Å². The lowest BCUT2D eigenvalue weighted by Gasteiger charge is -2.34. The van der Waals surface area contributed by atoms with Gasteiger partial charge >= 0.3 is 0 Å². The first-order valence-electron chi connectivity index (χ1n) is 6.29. The molecule has 0 bridgehead atoms. The van der Waals surface area contributed by atoms with E-state index >= 15 is 0 Å². The predicted octanol–water partition coefficient (Wildman–Crippen LogP) is 0.977. The molecule has 0 amide bonds. The zero-order valence-corrected chi connectivity index (χ0v) is 11.9. The molecule has 19 heavy (non-hydrogen) atoms. The van der Waals surface area contributed by atoms with Crippen molar-refractivity contribution < 1.29 is 18.3 Å². The van der Waals surface area contributed by atoms with Crippen LogP contribution < -0.4 is 0 Å². The van der Waals surface area contributed by atoms with Crippen LogP contribution in [0.15, 0.2) is 29.2 Å². The predicted molar refractivity (Wildman–Crippen MR) is 71.1 cm³/mol. The number of aliphatic hydroxyl groups excluding tert-OH is 1. The van der Waals surface area contributed by atoms with Crippen LogP contribution in [0, 0.1) is 0 Å². The number of rotatable bonds is 3. The molecule has 2 rings (SSSR count). The van der Waals surface area contributed by atoms with Gasteiger partial charge in [0.15, 0.2) is 0 Å². The maximum absolute atomic E-state index is 12.5. The van der Waals surface area contributed by atoms with Crippen LogP contribution in [0.4, 0.5) is 0 Å². The van der Waals surface area contributed by atoms with Crippen LogP contribution in [0.5, 0.6) is 0 Å². The molecule has 1 aromatic rings. The highest BCUT2D eigenvalue weighted by Gasteiger charge is 2.32. The third kappa shape index (κ3) is 3.14. The minimum Gasteiger partial charge on any atom is -0.392 e. The van der Waals surface area contributed by atoms with Gasteiger partial charge < -0.3 is 9.84 Å². The van der Waals surface area contributed by atoms with E-state index in [-0.39, 0.29) is 23.7 Å². The summed E-state index contributed by atoms with van der Waals surface area (Å²) in [5.41, 5.74) is 0.593. The van der Waals surface area contributed by atoms with Gasteiger partial charge in [-0.25, -0.2) is 8.42 Å². The minimum atomic E-state index is -3.52. The molecule has 1 heterocycles. The van der Waals surface area contributed by atoms with Gasteiger partial charge in [0.2, 0.25) is 10.0 Å². The first-order chi connectivity index (χ1) is 8.93. The molecule has 1 fully saturated rings. The van der Waals surface area contributed by atoms with Crippen molar-refractivity contribution in [3.8, 4) is 0 Å². The van der Waals surface area contributed by atoms with Crippen molar-refractivity contribution in [2.45, 2.75) is 37.6 Å². The van der Waals surface area contributed by atoms with Gasteiger partial charge in [0.1, 0.15) is 0 Å². The Morgan fingerprint density at radius 1 is 1.32 bits per heavy atom. The van der Waals surface area contributed by atoms with Crippen LogP contribution in [-0.2, 0) is 21.4 Å². The van der Waals surface area contributed by atoms with Gasteiger partial charge in [0, 0.05) is 13.1 Å². The number of hydrogen-bond acceptors (Lipinski definition) is 4. The van der Waals surface area contributed by atoms with E-state index in [1.54, 1.807) is 18.2 Å². The highest BCUT2D eigenvalue weighted by atomic mass is 32.2. The molecule has 2 unspecified atom stereocenters. The Morgan fingerprint density at radius 3 is 2.53 bits per heavy atom. The molecule has 0 aromatic heterocycles. The second kappa shape index (κ2) is 5.58. The summed E-state index contributed by atoms with van der Waals surface area (Å²) in [5.74, 6) is 0. The first kappa shape index (κ1) is 14.5. The smallest absolute Gasteiger partial charge is 0.243 e. The fourth-order valence-electron chi connectivity index (χ4n) is 2.28. The molecule has 1 aliphatic heterocycles. The van der Waals surface area contributed by atoms with Crippen molar-refractivity contribution in [1.29, 1.82) is 0 Å². The summed E-state index contributed by atoms with van der Waals surface area (Å²) < 4.78 is 32.1. The van der Waals surface area contributed by atoms with Crippen LogP contribution in [0.1, 0.15) is 19.4 Å². The fourth-order valence-corrected chi connectivity index (χ4v) is 3.94. The molecule has 0 aliphatic carbocycles. The molecule has 0 saturated carbocycles. The molecule has 1 aliphatic rings. The second-order valence-electron chi connectivity index (χ2n) is 4.88. The Morgan fingerprint density at radius 2 is 1.95 bits per heavy atom. The van der Waals surface area contributed by atoms with Crippen LogP contribution in [0.3, 0.4) is 0 Å². The van der Waals surface area contributed by atoms with Gasteiger partial charge in [-0.15, -0.1) is 0 Å². The molecule has 6 heteroatoms. The van der Waals surface area contributed by atoms with E-state index in [1.165, 1.54) is 10.4 Å². The van der Waals surface area contributed by atoms with Gasteiger partial charge in [0.05, 0.1) is 23.7 Å². The Hall–Kier alpha value is -0.950. The van der Waals surface area contributed by atoms with Crippen molar-refractivity contribution in [3.05, 3.63) is 29.8 Å². The van der Waals surface area contributed by atoms with E-state index in [9.17, 15) is 8.42 Å². The maximum atomic E-state index is 12.5. The summed E-state index contributed by atoms with van der Waals surface area (Å²) >= 11 is 0. The molecular weight excluding hydrogens is 266 g/mol. The number of nitrogens with zero attached hydrogens (tertiary/aromatic N) is 1. The molecule has 1 aromatic carbocycles. The van der Waals surface area contributed by atoms with E-state index in [2.05, 4.69) is 0 Å². The van der Waals surface area contributed by atoms with Gasteiger partial charge in [-0.3, -0.25) is 0 Å². The van der Waals surface area contributed by atoms with Crippen molar-refractivity contribution in [1.82, 2.24) is 4.31 Å². The Labute approximate surface area is 113 Å². The number of sulfonamides is 1. The average Bonchev–Trinajstić information content (AvgIpc) is 2.37. The number of morpholine rings is 1. The van der Waals surface area contributed by atoms with Gasteiger partial charge in [0.25, 0.3) is 0 Å². The molecule has 1 N–H and O–H groups in total. The largest absolute Gasteiger partial charge is 0.392 e. The average molecular weight is 285 g/mol. The van der Waals surface area contributed by atoms with Gasteiger partial charge in [-0.05, 0) is 31.5 Å². The highest BCUT2D eigenvalue weighted by molar-refractivity contribution is 7.89. The summed E-state index contributed by atoms with van der Waals surface area (Å²) in [6, 6.07) is 6.41. The molecular formula is C13H19NO4S. The van der Waals surface area contributed by atoms with Crippen molar-refractivity contribution >= 4 is 10.0 Å². The highest BCUT2D eigenvalue weighted by Crippen LogP contribution is 2.21. The van der Waals surface area contributed by atoms with Crippen LogP contribution in [0.2, 0.25) is 0 Å². The third-order valence-corrected chi connectivity index (χ3v) is 4.93. The molecule has 106 valence electrons. The second-order valence-corrected chi connectivity index (χ2v) is 6.82. The van der Waals surface area contributed by atoms with E-state index in [0.29, 0.717) is 18.7 Å². The van der Waals surface area contributed by atoms with Gasteiger partial charge in [-0.2, -0.15) is 4.31 Å². The Bertz CT molecular complexity index is 533. The van der Waals surface area contributed by atoms with Crippen LogP contribution >= 0.6 is 0 Å². The van der Waals surface area contributed by atoms with Crippen molar-refractivity contribution in [2.75, 3.05) is 13.1 Å². The number of benzene rings is 1. The van der Waals surface area contributed by atoms with E-state index in [4.69, 9.17) is 9.84 Å². The fraction of sp³-hybridized carbons (Fsp3) is 0.538. The summed E-state index contributed by atoms with van der Waals surface area (Å²) in [7, 11) is -3.52. The number of aliphatic hydroxyl groups is 1. The summed E-state index contributed by atoms with van der Waals surface area (Å²) in [5, 5.41) is 9.09. The summed E-state index contributed by atoms with van der Waals surface area (Å²) in [6.07, 6.45) is -0.223. The quantitative estimate of drug-likeness (QED) is 0.899. The van der Waals surface area contributed by atoms with Crippen molar-refractivity contribution in [3.63, 3.8) is 0 Å². The number of hydrogen-bond donors (Lipinski definition) is 1. The lowest BCUT2D eigenvalue weighted by molar-refractivity contribution is -0.0440. The first-order valence-corrected chi connectivity index (χ1v) is 7.73. The molecule has 0 spiro atoms. The SMILES string of the molecule is CC1CN(S(=O)(=O)c2cccc(CO)c2)CC(C)O1. The Kier molecular flexibility index (Phi) is 4.25. The lowest BCUT2D eigenvalue weighted by atomic mass is 10.2.